The number of aryl methyl sites for hydroxylation is 1. The molecule has 0 atom stereocenters. The van der Waals surface area contributed by atoms with Gasteiger partial charge in [-0.2, -0.15) is 13.4 Å². The van der Waals surface area contributed by atoms with E-state index in [-0.39, 0.29) is 16.7 Å². The number of hydrogen-bond acceptors (Lipinski definition) is 6. The smallest absolute Gasteiger partial charge is 0.391 e. The summed E-state index contributed by atoms with van der Waals surface area (Å²) in [6.07, 6.45) is -1.10. The lowest BCUT2D eigenvalue weighted by molar-refractivity contribution is 0.208. The fourth-order valence-electron chi connectivity index (χ4n) is 2.42. The maximum atomic E-state index is 12.6. The molecule has 0 spiro atoms. The number of rotatable bonds is 5. The van der Waals surface area contributed by atoms with Crippen molar-refractivity contribution < 1.29 is 17.9 Å². The maximum absolute atomic E-state index is 12.6. The summed E-state index contributed by atoms with van der Waals surface area (Å²) in [5.41, 5.74) is 7.08. The topological polar surface area (TPSA) is 124 Å². The number of hydrogen-bond donors (Lipinski definition) is 2. The molecule has 0 saturated heterocycles. The number of anilines is 1. The second kappa shape index (κ2) is 7.83. The number of primary amides is 1. The number of nitrogens with two attached hydrogens (primary N) is 1. The van der Waals surface area contributed by atoms with Crippen LogP contribution in [0.5, 0.6) is 5.88 Å². The van der Waals surface area contributed by atoms with Crippen LogP contribution in [-0.2, 0) is 10.0 Å². The van der Waals surface area contributed by atoms with Gasteiger partial charge in [0.25, 0.3) is 10.0 Å². The van der Waals surface area contributed by atoms with Gasteiger partial charge >= 0.3 is 6.09 Å². The van der Waals surface area contributed by atoms with Crippen molar-refractivity contribution in [1.82, 2.24) is 9.97 Å². The number of carbonyl (C=O) groups excluding carboxylic acids is 1. The van der Waals surface area contributed by atoms with Crippen molar-refractivity contribution >= 4 is 33.5 Å². The number of aromatic nitrogens is 2. The molecule has 2 heterocycles. The molecule has 8 nitrogen and oxygen atoms in total. The second-order valence-electron chi connectivity index (χ2n) is 5.68. The summed E-state index contributed by atoms with van der Waals surface area (Å²) in [6, 6.07) is 14.4. The van der Waals surface area contributed by atoms with Gasteiger partial charge in [-0.3, -0.25) is 4.72 Å². The SMILES string of the molecule is Cc1ccccc1-c1nc(NS(=O)(=O)c2cccc(OC(N)=O)n2)ccc1Cl. The van der Waals surface area contributed by atoms with Crippen molar-refractivity contribution in [3.8, 4) is 17.1 Å². The third-order valence-electron chi connectivity index (χ3n) is 3.66. The van der Waals surface area contributed by atoms with E-state index >= 15 is 0 Å². The van der Waals surface area contributed by atoms with E-state index in [0.717, 1.165) is 11.1 Å². The summed E-state index contributed by atoms with van der Waals surface area (Å²) < 4.78 is 32.2. The molecule has 144 valence electrons. The van der Waals surface area contributed by atoms with Gasteiger partial charge in [0.1, 0.15) is 5.82 Å². The Hall–Kier alpha value is -3.17. The number of halogens is 1. The summed E-state index contributed by atoms with van der Waals surface area (Å²) in [5, 5.41) is 0.0210. The molecule has 0 unspecified atom stereocenters. The highest BCUT2D eigenvalue weighted by molar-refractivity contribution is 7.92. The quantitative estimate of drug-likeness (QED) is 0.654. The molecular formula is C18H15ClN4O4S. The minimum absolute atomic E-state index is 0.0608. The highest BCUT2D eigenvalue weighted by Gasteiger charge is 2.19. The fraction of sp³-hybridized carbons (Fsp3) is 0.0556. The molecule has 0 bridgehead atoms. The minimum atomic E-state index is -4.09. The Morgan fingerprint density at radius 1 is 1.07 bits per heavy atom. The van der Waals surface area contributed by atoms with Gasteiger partial charge in [-0.1, -0.05) is 41.9 Å². The number of pyridine rings is 2. The van der Waals surface area contributed by atoms with Crippen molar-refractivity contribution in [3.05, 3.63) is 65.2 Å². The number of amides is 1. The van der Waals surface area contributed by atoms with Gasteiger partial charge in [-0.15, -0.1) is 0 Å². The number of ether oxygens (including phenoxy) is 1. The molecule has 3 aromatic rings. The number of nitrogens with zero attached hydrogens (tertiary/aromatic N) is 2. The van der Waals surface area contributed by atoms with Gasteiger partial charge in [-0.25, -0.2) is 9.78 Å². The van der Waals surface area contributed by atoms with E-state index in [4.69, 9.17) is 17.3 Å². The number of carbonyl (C=O) groups is 1. The van der Waals surface area contributed by atoms with Crippen molar-refractivity contribution in [2.24, 2.45) is 5.73 Å². The molecule has 3 rings (SSSR count). The van der Waals surface area contributed by atoms with E-state index in [1.807, 2.05) is 31.2 Å². The number of benzene rings is 1. The first kappa shape index (κ1) is 19.6. The Labute approximate surface area is 166 Å². The van der Waals surface area contributed by atoms with E-state index in [9.17, 15) is 13.2 Å². The van der Waals surface area contributed by atoms with Gasteiger partial charge in [0.15, 0.2) is 5.03 Å². The molecule has 0 saturated carbocycles. The van der Waals surface area contributed by atoms with Crippen LogP contribution in [0.2, 0.25) is 5.02 Å². The number of sulfonamides is 1. The van der Waals surface area contributed by atoms with Gasteiger partial charge in [0, 0.05) is 11.6 Å². The Bertz CT molecular complexity index is 1150. The van der Waals surface area contributed by atoms with Crippen LogP contribution in [0, 0.1) is 6.92 Å². The second-order valence-corrected chi connectivity index (χ2v) is 7.72. The first-order valence-electron chi connectivity index (χ1n) is 7.96. The van der Waals surface area contributed by atoms with Crippen LogP contribution in [0.1, 0.15) is 5.56 Å². The van der Waals surface area contributed by atoms with E-state index < -0.39 is 16.1 Å². The van der Waals surface area contributed by atoms with Crippen LogP contribution in [-0.4, -0.2) is 24.5 Å². The molecule has 1 aromatic carbocycles. The number of nitrogens with one attached hydrogen (secondary N) is 1. The van der Waals surface area contributed by atoms with Crippen molar-refractivity contribution in [2.75, 3.05) is 4.72 Å². The van der Waals surface area contributed by atoms with Crippen molar-refractivity contribution in [2.45, 2.75) is 11.9 Å². The van der Waals surface area contributed by atoms with Crippen LogP contribution in [0.4, 0.5) is 10.6 Å². The average Bonchev–Trinajstić information content (AvgIpc) is 2.63. The zero-order chi connectivity index (χ0) is 20.3. The van der Waals surface area contributed by atoms with Crippen LogP contribution in [0.15, 0.2) is 59.6 Å². The highest BCUT2D eigenvalue weighted by Crippen LogP contribution is 2.30. The van der Waals surface area contributed by atoms with E-state index in [1.54, 1.807) is 6.07 Å². The van der Waals surface area contributed by atoms with Crippen LogP contribution >= 0.6 is 11.6 Å². The molecule has 1 amide bonds. The Balaban J connectivity index is 1.94. The third kappa shape index (κ3) is 4.38. The van der Waals surface area contributed by atoms with Crippen LogP contribution in [0.3, 0.4) is 0 Å². The molecule has 0 aliphatic heterocycles. The third-order valence-corrected chi connectivity index (χ3v) is 5.22. The van der Waals surface area contributed by atoms with Crippen molar-refractivity contribution in [3.63, 3.8) is 0 Å². The lowest BCUT2D eigenvalue weighted by Gasteiger charge is -2.11. The molecule has 3 N–H and O–H groups in total. The predicted octanol–water partition coefficient (Wildman–Crippen LogP) is 3.36. The lowest BCUT2D eigenvalue weighted by atomic mass is 10.1. The zero-order valence-corrected chi connectivity index (χ0v) is 16.2. The summed E-state index contributed by atoms with van der Waals surface area (Å²) in [5.74, 6) is -0.175. The predicted molar refractivity (Wildman–Crippen MR) is 105 cm³/mol. The molecule has 0 radical (unpaired) electrons. The Morgan fingerprint density at radius 3 is 2.54 bits per heavy atom. The van der Waals surface area contributed by atoms with Gasteiger partial charge in [0.05, 0.1) is 10.7 Å². The molecule has 0 aliphatic rings. The summed E-state index contributed by atoms with van der Waals surface area (Å²) in [7, 11) is -4.09. The average molecular weight is 419 g/mol. The normalized spacial score (nSPS) is 11.1. The summed E-state index contributed by atoms with van der Waals surface area (Å²) in [4.78, 5) is 18.9. The Kier molecular flexibility index (Phi) is 5.48. The first-order valence-corrected chi connectivity index (χ1v) is 9.82. The van der Waals surface area contributed by atoms with Gasteiger partial charge in [-0.05, 0) is 30.7 Å². The molecule has 0 aliphatic carbocycles. The standard InChI is InChI=1S/C18H15ClN4O4S/c1-11-5-2-3-6-12(11)17-13(19)9-10-14(21-17)23-28(25,26)16-8-4-7-15(22-16)27-18(20)24/h2-10H,1H3,(H2,20,24)(H,21,23). The molecule has 28 heavy (non-hydrogen) atoms. The van der Waals surface area contributed by atoms with Crippen LogP contribution < -0.4 is 15.2 Å². The zero-order valence-electron chi connectivity index (χ0n) is 14.6. The highest BCUT2D eigenvalue weighted by atomic mass is 35.5. The van der Waals surface area contributed by atoms with Crippen LogP contribution in [0.25, 0.3) is 11.3 Å². The summed E-state index contributed by atoms with van der Waals surface area (Å²) >= 11 is 6.25. The van der Waals surface area contributed by atoms with E-state index in [2.05, 4.69) is 19.4 Å². The summed E-state index contributed by atoms with van der Waals surface area (Å²) in [6.45, 7) is 1.90. The minimum Gasteiger partial charge on any atom is -0.391 e. The first-order chi connectivity index (χ1) is 13.3. The molecular weight excluding hydrogens is 404 g/mol. The maximum Gasteiger partial charge on any atom is 0.411 e. The molecule has 0 fully saturated rings. The fourth-order valence-corrected chi connectivity index (χ4v) is 3.59. The monoisotopic (exact) mass is 418 g/mol. The Morgan fingerprint density at radius 2 is 1.82 bits per heavy atom. The van der Waals surface area contributed by atoms with Gasteiger partial charge in [0.2, 0.25) is 5.88 Å². The lowest BCUT2D eigenvalue weighted by Crippen LogP contribution is -2.19. The largest absolute Gasteiger partial charge is 0.411 e. The van der Waals surface area contributed by atoms with Gasteiger partial charge < -0.3 is 10.5 Å². The molecule has 10 heteroatoms. The van der Waals surface area contributed by atoms with E-state index in [0.29, 0.717) is 10.7 Å². The van der Waals surface area contributed by atoms with E-state index in [1.165, 1.54) is 24.3 Å². The van der Waals surface area contributed by atoms with Crippen molar-refractivity contribution in [1.29, 1.82) is 0 Å². The molecule has 2 aromatic heterocycles.